The fraction of sp³-hybridized carbons (Fsp3) is 0.0909. The summed E-state index contributed by atoms with van der Waals surface area (Å²) in [6.07, 6.45) is 0. The Balaban J connectivity index is 2.33. The highest BCUT2D eigenvalue weighted by Crippen LogP contribution is 2.32. The summed E-state index contributed by atoms with van der Waals surface area (Å²) in [6.45, 7) is -0.180. The van der Waals surface area contributed by atoms with E-state index in [0.29, 0.717) is 20.1 Å². The summed E-state index contributed by atoms with van der Waals surface area (Å²) < 4.78 is 27.2. The molecular formula is C11H9BrClNO3S2. The van der Waals surface area contributed by atoms with Crippen molar-refractivity contribution in [2.75, 3.05) is 4.72 Å². The summed E-state index contributed by atoms with van der Waals surface area (Å²) >= 11 is 10.3. The minimum atomic E-state index is -3.68. The predicted molar refractivity (Wildman–Crippen MR) is 80.2 cm³/mol. The molecule has 0 spiro atoms. The molecule has 1 heterocycles. The number of nitrogens with one attached hydrogen (secondary N) is 1. The van der Waals surface area contributed by atoms with E-state index in [1.165, 1.54) is 22.8 Å². The first-order chi connectivity index (χ1) is 8.94. The molecule has 1 aromatic carbocycles. The smallest absolute Gasteiger partial charge is 0.262 e. The van der Waals surface area contributed by atoms with Crippen molar-refractivity contribution in [2.24, 2.45) is 0 Å². The van der Waals surface area contributed by atoms with Crippen molar-refractivity contribution >= 4 is 54.6 Å². The molecule has 0 aliphatic carbocycles. The molecule has 19 heavy (non-hydrogen) atoms. The number of aliphatic hydroxyl groups excluding tert-OH is 1. The molecule has 4 nitrogen and oxygen atoms in total. The highest BCUT2D eigenvalue weighted by molar-refractivity contribution is 9.10. The minimum Gasteiger partial charge on any atom is -0.391 e. The average molecular weight is 383 g/mol. The summed E-state index contributed by atoms with van der Waals surface area (Å²) in [6, 6.07) is 6.34. The van der Waals surface area contributed by atoms with Crippen molar-refractivity contribution in [3.8, 4) is 0 Å². The number of aliphatic hydroxyl groups is 1. The van der Waals surface area contributed by atoms with E-state index < -0.39 is 10.0 Å². The van der Waals surface area contributed by atoms with Crippen LogP contribution in [0.5, 0.6) is 0 Å². The lowest BCUT2D eigenvalue weighted by atomic mass is 10.3. The van der Waals surface area contributed by atoms with Gasteiger partial charge in [-0.25, -0.2) is 8.42 Å². The van der Waals surface area contributed by atoms with Crippen LogP contribution in [-0.4, -0.2) is 13.5 Å². The second-order valence-corrected chi connectivity index (χ2v) is 7.49. The van der Waals surface area contributed by atoms with Gasteiger partial charge in [0.05, 0.1) is 26.7 Å². The third kappa shape index (κ3) is 3.29. The molecular weight excluding hydrogens is 374 g/mol. The number of anilines is 1. The zero-order valence-corrected chi connectivity index (χ0v) is 13.4. The first-order valence-electron chi connectivity index (χ1n) is 5.09. The highest BCUT2D eigenvalue weighted by Gasteiger charge is 2.18. The van der Waals surface area contributed by atoms with Gasteiger partial charge in [-0.2, -0.15) is 0 Å². The van der Waals surface area contributed by atoms with Crippen LogP contribution in [0.2, 0.25) is 5.02 Å². The second kappa shape index (κ2) is 5.80. The van der Waals surface area contributed by atoms with Crippen molar-refractivity contribution < 1.29 is 13.5 Å². The Labute approximate surface area is 128 Å². The predicted octanol–water partition coefficient (Wildman–Crippen LogP) is 3.46. The lowest BCUT2D eigenvalue weighted by molar-refractivity contribution is 0.285. The van der Waals surface area contributed by atoms with Gasteiger partial charge >= 0.3 is 0 Å². The van der Waals surface area contributed by atoms with Crippen molar-refractivity contribution in [3.63, 3.8) is 0 Å². The Hall–Kier alpha value is -0.600. The number of hydrogen-bond donors (Lipinski definition) is 2. The molecule has 2 rings (SSSR count). The Morgan fingerprint density at radius 2 is 2.16 bits per heavy atom. The first-order valence-corrected chi connectivity index (χ1v) is 8.62. The molecule has 0 bridgehead atoms. The molecule has 0 saturated carbocycles. The zero-order chi connectivity index (χ0) is 14.0. The Morgan fingerprint density at radius 3 is 2.79 bits per heavy atom. The molecule has 0 amide bonds. The van der Waals surface area contributed by atoms with Crippen molar-refractivity contribution in [3.05, 3.63) is 44.0 Å². The summed E-state index contributed by atoms with van der Waals surface area (Å²) in [5.74, 6) is 0. The maximum Gasteiger partial charge on any atom is 0.262 e. The van der Waals surface area contributed by atoms with Gasteiger partial charge in [-0.15, -0.1) is 11.3 Å². The molecule has 1 aromatic heterocycles. The van der Waals surface area contributed by atoms with Crippen LogP contribution in [0.25, 0.3) is 0 Å². The third-order valence-corrected chi connectivity index (χ3v) is 6.10. The summed E-state index contributed by atoms with van der Waals surface area (Å²) in [5, 5.41) is 10.9. The van der Waals surface area contributed by atoms with Crippen molar-refractivity contribution in [1.82, 2.24) is 0 Å². The standard InChI is InChI=1S/C11H9BrClNO3S2/c12-11-9(13)2-1-3-10(11)14-19(16,17)8-4-7(5-15)18-6-8/h1-4,6,14-15H,5H2. The van der Waals surface area contributed by atoms with E-state index in [1.54, 1.807) is 18.2 Å². The van der Waals surface area contributed by atoms with E-state index in [9.17, 15) is 8.42 Å². The number of rotatable bonds is 4. The number of halogens is 2. The molecule has 0 aliphatic rings. The molecule has 0 unspecified atom stereocenters. The monoisotopic (exact) mass is 381 g/mol. The van der Waals surface area contributed by atoms with Crippen LogP contribution < -0.4 is 4.72 Å². The van der Waals surface area contributed by atoms with Gasteiger partial charge in [-0.1, -0.05) is 17.7 Å². The molecule has 0 radical (unpaired) electrons. The Morgan fingerprint density at radius 1 is 1.42 bits per heavy atom. The van der Waals surface area contributed by atoms with Crippen LogP contribution in [0.1, 0.15) is 4.88 Å². The molecule has 2 aromatic rings. The number of sulfonamides is 1. The average Bonchev–Trinajstić information content (AvgIpc) is 2.84. The maximum absolute atomic E-state index is 12.1. The van der Waals surface area contributed by atoms with E-state index in [0.717, 1.165) is 0 Å². The maximum atomic E-state index is 12.1. The van der Waals surface area contributed by atoms with Crippen molar-refractivity contribution in [1.29, 1.82) is 0 Å². The van der Waals surface area contributed by atoms with E-state index in [1.807, 2.05) is 0 Å². The van der Waals surface area contributed by atoms with Crippen molar-refractivity contribution in [2.45, 2.75) is 11.5 Å². The third-order valence-electron chi connectivity index (χ3n) is 2.29. The van der Waals surface area contributed by atoms with Gasteiger partial charge in [-0.05, 0) is 34.1 Å². The van der Waals surface area contributed by atoms with Gasteiger partial charge in [-0.3, -0.25) is 4.72 Å². The van der Waals surface area contributed by atoms with Gasteiger partial charge in [0.1, 0.15) is 0 Å². The molecule has 0 atom stereocenters. The van der Waals surface area contributed by atoms with Gasteiger partial charge in [0.25, 0.3) is 10.0 Å². The van der Waals surface area contributed by atoms with E-state index in [-0.39, 0.29) is 11.5 Å². The number of benzene rings is 1. The van der Waals surface area contributed by atoms with Gasteiger partial charge in [0, 0.05) is 10.3 Å². The first kappa shape index (κ1) is 14.8. The van der Waals surface area contributed by atoms with Gasteiger partial charge in [0.15, 0.2) is 0 Å². The molecule has 8 heteroatoms. The summed E-state index contributed by atoms with van der Waals surface area (Å²) in [7, 11) is -3.68. The van der Waals surface area contributed by atoms with E-state index >= 15 is 0 Å². The minimum absolute atomic E-state index is 0.119. The lowest BCUT2D eigenvalue weighted by Crippen LogP contribution is -2.12. The van der Waals surface area contributed by atoms with Gasteiger partial charge in [0.2, 0.25) is 0 Å². The fourth-order valence-corrected chi connectivity index (χ4v) is 4.25. The van der Waals surface area contributed by atoms with Gasteiger partial charge < -0.3 is 5.11 Å². The van der Waals surface area contributed by atoms with Crippen LogP contribution in [-0.2, 0) is 16.6 Å². The van der Waals surface area contributed by atoms with E-state index in [4.69, 9.17) is 16.7 Å². The molecule has 0 fully saturated rings. The van der Waals surface area contributed by atoms with Crippen LogP contribution in [0.3, 0.4) is 0 Å². The zero-order valence-electron chi connectivity index (χ0n) is 9.43. The molecule has 102 valence electrons. The summed E-state index contributed by atoms with van der Waals surface area (Å²) in [5.41, 5.74) is 0.365. The SMILES string of the molecule is O=S(=O)(Nc1cccc(Cl)c1Br)c1csc(CO)c1. The number of thiophene rings is 1. The molecule has 2 N–H and O–H groups in total. The van der Waals surface area contributed by atoms with Crippen LogP contribution in [0.15, 0.2) is 39.0 Å². The molecule has 0 aliphatic heterocycles. The normalized spacial score (nSPS) is 11.5. The summed E-state index contributed by atoms with van der Waals surface area (Å²) in [4.78, 5) is 0.707. The quantitative estimate of drug-likeness (QED) is 0.851. The Kier molecular flexibility index (Phi) is 4.52. The molecule has 0 saturated heterocycles. The Bertz CT molecular complexity index is 700. The lowest BCUT2D eigenvalue weighted by Gasteiger charge is -2.09. The highest BCUT2D eigenvalue weighted by atomic mass is 79.9. The second-order valence-electron chi connectivity index (χ2n) is 3.61. The van der Waals surface area contributed by atoms with Crippen LogP contribution in [0.4, 0.5) is 5.69 Å². The van der Waals surface area contributed by atoms with Crippen LogP contribution >= 0.6 is 38.9 Å². The van der Waals surface area contributed by atoms with E-state index in [2.05, 4.69) is 20.7 Å². The fourth-order valence-electron chi connectivity index (χ4n) is 1.37. The van der Waals surface area contributed by atoms with Crippen LogP contribution in [0, 0.1) is 0 Å². The largest absolute Gasteiger partial charge is 0.391 e. The topological polar surface area (TPSA) is 66.4 Å². The number of hydrogen-bond acceptors (Lipinski definition) is 4.